The number of aliphatic hydroxyl groups is 1. The Morgan fingerprint density at radius 1 is 0.484 bits per heavy atom. The second-order valence-corrected chi connectivity index (χ2v) is 6.41. The Kier molecular flexibility index (Phi) is 6.34. The van der Waals surface area contributed by atoms with Gasteiger partial charge in [-0.25, -0.2) is 0 Å². The Morgan fingerprint density at radius 2 is 0.710 bits per heavy atom. The summed E-state index contributed by atoms with van der Waals surface area (Å²) >= 11 is 0. The Morgan fingerprint density at radius 3 is 0.871 bits per heavy atom. The zero-order valence-corrected chi connectivity index (χ0v) is 14.7. The number of rotatable bonds is 3. The third-order valence-electron chi connectivity index (χ3n) is 4.21. The highest BCUT2D eigenvalue weighted by atomic mass is 19.4. The Balaban J connectivity index is 2.78. The molecule has 0 spiro atoms. The van der Waals surface area contributed by atoms with Gasteiger partial charge >= 0.3 is 24.7 Å². The first-order chi connectivity index (χ1) is 13.8. The van der Waals surface area contributed by atoms with E-state index in [0.29, 0.717) is 0 Å². The molecular weight excluding hydrogens is 460 g/mol. The van der Waals surface area contributed by atoms with Crippen molar-refractivity contribution in [2.45, 2.75) is 30.6 Å². The van der Waals surface area contributed by atoms with E-state index in [4.69, 9.17) is 0 Å². The molecule has 0 aromatic heterocycles. The fourth-order valence-electron chi connectivity index (χ4n) is 2.76. The van der Waals surface area contributed by atoms with Crippen molar-refractivity contribution in [1.82, 2.24) is 0 Å². The highest BCUT2D eigenvalue weighted by Crippen LogP contribution is 2.41. The van der Waals surface area contributed by atoms with E-state index in [1.165, 1.54) is 0 Å². The summed E-state index contributed by atoms with van der Waals surface area (Å²) in [6, 6.07) is -0.00295. The highest BCUT2D eigenvalue weighted by Gasteiger charge is 2.40. The van der Waals surface area contributed by atoms with Gasteiger partial charge in [-0.3, -0.25) is 0 Å². The summed E-state index contributed by atoms with van der Waals surface area (Å²) in [5.74, 6) is -2.04. The van der Waals surface area contributed by atoms with Crippen LogP contribution in [-0.4, -0.2) is 11.7 Å². The highest BCUT2D eigenvalue weighted by molar-refractivity contribution is 5.43. The molecule has 0 aliphatic carbocycles. The number of hydrogen-bond acceptors (Lipinski definition) is 1. The van der Waals surface area contributed by atoms with Crippen LogP contribution in [0.4, 0.5) is 52.7 Å². The van der Waals surface area contributed by atoms with E-state index in [-0.39, 0.29) is 36.4 Å². The summed E-state index contributed by atoms with van der Waals surface area (Å²) in [5.41, 5.74) is -9.26. The first-order valence-corrected chi connectivity index (χ1v) is 8.03. The summed E-state index contributed by atoms with van der Waals surface area (Å²) < 4.78 is 156. The van der Waals surface area contributed by atoms with Crippen LogP contribution < -0.4 is 0 Å². The van der Waals surface area contributed by atoms with Crippen molar-refractivity contribution in [2.24, 2.45) is 0 Å². The van der Waals surface area contributed by atoms with Crippen molar-refractivity contribution in [3.05, 3.63) is 69.8 Å². The lowest BCUT2D eigenvalue weighted by molar-refractivity contribution is -0.144. The topological polar surface area (TPSA) is 20.2 Å². The van der Waals surface area contributed by atoms with E-state index in [1.807, 2.05) is 0 Å². The third-order valence-corrected chi connectivity index (χ3v) is 4.21. The van der Waals surface area contributed by atoms with E-state index in [9.17, 15) is 57.8 Å². The second-order valence-electron chi connectivity index (χ2n) is 6.41. The molecule has 0 amide bonds. The summed E-state index contributed by atoms with van der Waals surface area (Å²) in [6.07, 6.45) is -21.2. The summed E-state index contributed by atoms with van der Waals surface area (Å²) in [6.45, 7) is -1.36. The third kappa shape index (κ3) is 5.83. The van der Waals surface area contributed by atoms with Crippen molar-refractivity contribution >= 4 is 0 Å². The summed E-state index contributed by atoms with van der Waals surface area (Å²) in [5, 5.41) is 9.48. The Bertz CT molecular complexity index is 795. The molecule has 0 saturated heterocycles. The molecule has 1 nitrogen and oxygen atoms in total. The number of halogens is 12. The molecule has 0 bridgehead atoms. The van der Waals surface area contributed by atoms with Crippen LogP contribution in [0.25, 0.3) is 0 Å². The largest absolute Gasteiger partial charge is 0.416 e. The zero-order valence-electron chi connectivity index (χ0n) is 14.7. The Hall–Kier alpha value is -2.44. The summed E-state index contributed by atoms with van der Waals surface area (Å²) in [4.78, 5) is 0. The van der Waals surface area contributed by atoms with E-state index < -0.39 is 70.6 Å². The fraction of sp³-hybridized carbons (Fsp3) is 0.333. The smallest absolute Gasteiger partial charge is 0.395 e. The van der Waals surface area contributed by atoms with Gasteiger partial charge in [0.1, 0.15) is 0 Å². The van der Waals surface area contributed by atoms with Crippen LogP contribution >= 0.6 is 0 Å². The lowest BCUT2D eigenvalue weighted by atomic mass is 9.87. The molecule has 0 saturated carbocycles. The van der Waals surface area contributed by atoms with E-state index in [2.05, 4.69) is 0 Å². The quantitative estimate of drug-likeness (QED) is 0.485. The fourth-order valence-corrected chi connectivity index (χ4v) is 2.76. The van der Waals surface area contributed by atoms with Crippen molar-refractivity contribution < 1.29 is 57.8 Å². The van der Waals surface area contributed by atoms with Gasteiger partial charge in [-0.1, -0.05) is 0 Å². The van der Waals surface area contributed by atoms with E-state index in [0.717, 1.165) is 0 Å². The van der Waals surface area contributed by atoms with Gasteiger partial charge in [0, 0.05) is 5.92 Å². The minimum Gasteiger partial charge on any atom is -0.395 e. The number of hydrogen-bond donors (Lipinski definition) is 1. The van der Waals surface area contributed by atoms with E-state index >= 15 is 0 Å². The SMILES string of the molecule is OCC(c1cc(C(F)(F)F)cc(C(F)(F)F)c1)c1cc(C(F)(F)F)cc(C(F)(F)F)c1. The van der Waals surface area contributed by atoms with E-state index in [1.54, 1.807) is 0 Å². The average Bonchev–Trinajstić information content (AvgIpc) is 2.59. The molecule has 0 radical (unpaired) electrons. The van der Waals surface area contributed by atoms with Crippen LogP contribution in [0.2, 0.25) is 0 Å². The lowest BCUT2D eigenvalue weighted by Crippen LogP contribution is -2.17. The van der Waals surface area contributed by atoms with Gasteiger partial charge in [-0.2, -0.15) is 52.7 Å². The predicted molar refractivity (Wildman–Crippen MR) is 81.8 cm³/mol. The van der Waals surface area contributed by atoms with Crippen LogP contribution in [-0.2, 0) is 24.7 Å². The van der Waals surface area contributed by atoms with Gasteiger partial charge < -0.3 is 5.11 Å². The molecule has 2 aromatic carbocycles. The Labute approximate surface area is 165 Å². The van der Waals surface area contributed by atoms with Crippen molar-refractivity contribution in [3.63, 3.8) is 0 Å². The standard InChI is InChI=1S/C18H10F12O/c19-15(20,21)10-1-8(2-11(5-10)16(22,23)24)14(7-31)9-3-12(17(25,26)27)6-13(4-9)18(28,29)30/h1-6,14,31H,7H2. The molecule has 0 atom stereocenters. The maximum Gasteiger partial charge on any atom is 0.416 e. The molecule has 2 aromatic rings. The maximum absolute atomic E-state index is 13.0. The van der Waals surface area contributed by atoms with Crippen LogP contribution in [0, 0.1) is 0 Å². The molecular formula is C18H10F12O. The zero-order chi connectivity index (χ0) is 24.0. The molecule has 0 unspecified atom stereocenters. The van der Waals surface area contributed by atoms with Crippen molar-refractivity contribution in [3.8, 4) is 0 Å². The molecule has 2 rings (SSSR count). The van der Waals surface area contributed by atoms with Crippen LogP contribution in [0.15, 0.2) is 36.4 Å². The number of benzene rings is 2. The van der Waals surface area contributed by atoms with Crippen molar-refractivity contribution in [1.29, 1.82) is 0 Å². The minimum absolute atomic E-state index is 0.129. The normalized spacial score (nSPS) is 13.7. The van der Waals surface area contributed by atoms with Gasteiger partial charge in [0.15, 0.2) is 0 Å². The van der Waals surface area contributed by atoms with Gasteiger partial charge in [-0.15, -0.1) is 0 Å². The molecule has 0 aliphatic heterocycles. The first kappa shape index (κ1) is 24.8. The van der Waals surface area contributed by atoms with Gasteiger partial charge in [-0.05, 0) is 47.5 Å². The van der Waals surface area contributed by atoms with Crippen LogP contribution in [0.1, 0.15) is 39.3 Å². The van der Waals surface area contributed by atoms with Gasteiger partial charge in [0.25, 0.3) is 0 Å². The lowest BCUT2D eigenvalue weighted by Gasteiger charge is -2.22. The predicted octanol–water partition coefficient (Wildman–Crippen LogP) is 6.89. The molecule has 172 valence electrons. The maximum atomic E-state index is 13.0. The average molecular weight is 470 g/mol. The minimum atomic E-state index is -5.30. The molecule has 31 heavy (non-hydrogen) atoms. The van der Waals surface area contributed by atoms with Crippen LogP contribution in [0.3, 0.4) is 0 Å². The molecule has 0 heterocycles. The number of alkyl halides is 12. The molecule has 13 heteroatoms. The molecule has 0 aliphatic rings. The van der Waals surface area contributed by atoms with Gasteiger partial charge in [0.2, 0.25) is 0 Å². The first-order valence-electron chi connectivity index (χ1n) is 8.03. The number of aliphatic hydroxyl groups excluding tert-OH is 1. The molecule has 0 fully saturated rings. The van der Waals surface area contributed by atoms with Crippen molar-refractivity contribution in [2.75, 3.05) is 6.61 Å². The molecule has 1 N–H and O–H groups in total. The second kappa shape index (κ2) is 7.92. The van der Waals surface area contributed by atoms with Crippen LogP contribution in [0.5, 0.6) is 0 Å². The monoisotopic (exact) mass is 470 g/mol. The van der Waals surface area contributed by atoms with Gasteiger partial charge in [0.05, 0.1) is 28.9 Å². The summed E-state index contributed by atoms with van der Waals surface area (Å²) in [7, 11) is 0.